The molecule has 1 saturated heterocycles. The second-order valence-corrected chi connectivity index (χ2v) is 9.21. The number of sulfonamides is 1. The first-order chi connectivity index (χ1) is 11.8. The smallest absolute Gasteiger partial charge is 0.321 e. The van der Waals surface area contributed by atoms with Crippen LogP contribution in [0.3, 0.4) is 0 Å². The molecule has 0 saturated carbocycles. The predicted molar refractivity (Wildman–Crippen MR) is 95.1 cm³/mol. The molecule has 1 aromatic heterocycles. The fraction of sp³-hybridized carbons (Fsp3) is 0.600. The van der Waals surface area contributed by atoms with Crippen molar-refractivity contribution in [2.75, 3.05) is 32.7 Å². The van der Waals surface area contributed by atoms with Crippen molar-refractivity contribution in [3.05, 3.63) is 17.5 Å². The van der Waals surface area contributed by atoms with E-state index in [4.69, 9.17) is 0 Å². The molecule has 2 rings (SSSR count). The van der Waals surface area contributed by atoms with Crippen LogP contribution in [0, 0.1) is 0 Å². The summed E-state index contributed by atoms with van der Waals surface area (Å²) in [7, 11) is -3.43. The van der Waals surface area contributed by atoms with Gasteiger partial charge in [-0.3, -0.25) is 10.1 Å². The molecule has 1 fully saturated rings. The number of quaternary nitrogens is 1. The summed E-state index contributed by atoms with van der Waals surface area (Å²) < 4.78 is 26.7. The van der Waals surface area contributed by atoms with Gasteiger partial charge in [-0.1, -0.05) is 13.0 Å². The highest BCUT2D eigenvalue weighted by Crippen LogP contribution is 2.20. The number of urea groups is 1. The molecule has 25 heavy (non-hydrogen) atoms. The molecule has 10 heteroatoms. The number of piperazine rings is 1. The van der Waals surface area contributed by atoms with E-state index in [9.17, 15) is 18.0 Å². The zero-order chi connectivity index (χ0) is 18.4. The SMILES string of the molecule is CC[C@H](C)NC(=O)NC(=O)C[NH+]1CCN(S(=O)(=O)c2cccs2)CC1. The van der Waals surface area contributed by atoms with Gasteiger partial charge >= 0.3 is 6.03 Å². The van der Waals surface area contributed by atoms with Crippen molar-refractivity contribution < 1.29 is 22.9 Å². The molecule has 0 bridgehead atoms. The van der Waals surface area contributed by atoms with E-state index in [1.54, 1.807) is 17.5 Å². The van der Waals surface area contributed by atoms with Gasteiger partial charge in [-0.05, 0) is 24.8 Å². The van der Waals surface area contributed by atoms with Gasteiger partial charge in [-0.15, -0.1) is 11.3 Å². The zero-order valence-corrected chi connectivity index (χ0v) is 16.1. The van der Waals surface area contributed by atoms with Gasteiger partial charge in [0.25, 0.3) is 15.9 Å². The van der Waals surface area contributed by atoms with Crippen molar-refractivity contribution >= 4 is 33.3 Å². The molecule has 1 aliphatic rings. The van der Waals surface area contributed by atoms with Crippen molar-refractivity contribution in [1.29, 1.82) is 0 Å². The van der Waals surface area contributed by atoms with Gasteiger partial charge in [0.1, 0.15) is 4.21 Å². The van der Waals surface area contributed by atoms with Crippen LogP contribution in [0.15, 0.2) is 21.7 Å². The third-order valence-corrected chi connectivity index (χ3v) is 7.44. The van der Waals surface area contributed by atoms with Crippen LogP contribution in [0.4, 0.5) is 4.79 Å². The van der Waals surface area contributed by atoms with E-state index < -0.39 is 16.1 Å². The largest absolute Gasteiger partial charge is 0.335 e. The van der Waals surface area contributed by atoms with Gasteiger partial charge in [0.15, 0.2) is 6.54 Å². The number of rotatable bonds is 6. The van der Waals surface area contributed by atoms with Crippen LogP contribution >= 0.6 is 11.3 Å². The summed E-state index contributed by atoms with van der Waals surface area (Å²) in [5.41, 5.74) is 0. The van der Waals surface area contributed by atoms with Crippen LogP contribution in [-0.2, 0) is 14.8 Å². The Morgan fingerprint density at radius 1 is 1.36 bits per heavy atom. The average molecular weight is 390 g/mol. The molecule has 0 aliphatic carbocycles. The van der Waals surface area contributed by atoms with E-state index in [0.29, 0.717) is 30.4 Å². The standard InChI is InChI=1S/C15H24N4O4S2/c1-3-12(2)16-15(21)17-13(20)11-18-6-8-19(9-7-18)25(22,23)14-5-4-10-24-14/h4-5,10,12H,3,6-9,11H2,1-2H3,(H2,16,17,20,21)/p+1/t12-/m0/s1. The highest BCUT2D eigenvalue weighted by atomic mass is 32.2. The third kappa shape index (κ3) is 5.50. The third-order valence-electron chi connectivity index (χ3n) is 4.17. The van der Waals surface area contributed by atoms with E-state index in [-0.39, 0.29) is 18.5 Å². The van der Waals surface area contributed by atoms with Crippen molar-refractivity contribution in [2.24, 2.45) is 0 Å². The maximum Gasteiger partial charge on any atom is 0.321 e. The molecule has 1 aliphatic heterocycles. The summed E-state index contributed by atoms with van der Waals surface area (Å²) in [6.07, 6.45) is 0.785. The summed E-state index contributed by atoms with van der Waals surface area (Å²) >= 11 is 1.20. The Morgan fingerprint density at radius 2 is 2.04 bits per heavy atom. The van der Waals surface area contributed by atoms with Gasteiger partial charge in [-0.2, -0.15) is 4.31 Å². The van der Waals surface area contributed by atoms with Crippen LogP contribution in [0.25, 0.3) is 0 Å². The Hall–Kier alpha value is -1.49. The summed E-state index contributed by atoms with van der Waals surface area (Å²) in [5.74, 6) is -0.356. The molecule has 0 aromatic carbocycles. The number of hydrogen-bond donors (Lipinski definition) is 3. The zero-order valence-electron chi connectivity index (χ0n) is 14.4. The number of carbonyl (C=O) groups is 2. The second-order valence-electron chi connectivity index (χ2n) is 6.09. The van der Waals surface area contributed by atoms with E-state index >= 15 is 0 Å². The molecule has 0 radical (unpaired) electrons. The fourth-order valence-electron chi connectivity index (χ4n) is 2.52. The summed E-state index contributed by atoms with van der Waals surface area (Å²) in [4.78, 5) is 24.5. The van der Waals surface area contributed by atoms with Crippen molar-refractivity contribution in [3.8, 4) is 0 Å². The monoisotopic (exact) mass is 389 g/mol. The Bertz CT molecular complexity index is 682. The highest BCUT2D eigenvalue weighted by molar-refractivity contribution is 7.91. The number of thiophene rings is 1. The quantitative estimate of drug-likeness (QED) is 0.597. The first-order valence-corrected chi connectivity index (χ1v) is 10.6. The van der Waals surface area contributed by atoms with Gasteiger partial charge < -0.3 is 10.2 Å². The molecular weight excluding hydrogens is 364 g/mol. The molecule has 0 spiro atoms. The summed E-state index contributed by atoms with van der Waals surface area (Å²) in [6, 6.07) is 2.83. The first kappa shape index (κ1) is 19.8. The Kier molecular flexibility index (Phi) is 6.94. The van der Waals surface area contributed by atoms with Crippen LogP contribution < -0.4 is 15.5 Å². The van der Waals surface area contributed by atoms with Gasteiger partial charge in [0.05, 0.1) is 26.2 Å². The van der Waals surface area contributed by atoms with Crippen molar-refractivity contribution in [2.45, 2.75) is 30.5 Å². The van der Waals surface area contributed by atoms with Crippen LogP contribution in [0.2, 0.25) is 0 Å². The van der Waals surface area contributed by atoms with Crippen molar-refractivity contribution in [1.82, 2.24) is 14.9 Å². The topological polar surface area (TPSA) is 100 Å². The molecule has 1 aromatic rings. The minimum absolute atomic E-state index is 0.00569. The molecule has 8 nitrogen and oxygen atoms in total. The highest BCUT2D eigenvalue weighted by Gasteiger charge is 2.31. The Morgan fingerprint density at radius 3 is 2.60 bits per heavy atom. The molecule has 2 heterocycles. The Labute approximate surface area is 152 Å². The first-order valence-electron chi connectivity index (χ1n) is 8.30. The predicted octanol–water partition coefficient (Wildman–Crippen LogP) is -0.738. The van der Waals surface area contributed by atoms with Gasteiger partial charge in [0, 0.05) is 6.04 Å². The lowest BCUT2D eigenvalue weighted by Crippen LogP contribution is -3.15. The van der Waals surface area contributed by atoms with Crippen LogP contribution in [0.5, 0.6) is 0 Å². The lowest BCUT2D eigenvalue weighted by atomic mass is 10.3. The van der Waals surface area contributed by atoms with Crippen LogP contribution in [-0.4, -0.2) is 63.4 Å². The number of hydrogen-bond acceptors (Lipinski definition) is 5. The summed E-state index contributed by atoms with van der Waals surface area (Å²) in [5, 5.41) is 6.73. The fourth-order valence-corrected chi connectivity index (χ4v) is 5.10. The number of nitrogens with zero attached hydrogens (tertiary/aromatic N) is 1. The average Bonchev–Trinajstić information content (AvgIpc) is 3.10. The van der Waals surface area contributed by atoms with Crippen LogP contribution in [0.1, 0.15) is 20.3 Å². The van der Waals surface area contributed by atoms with Crippen molar-refractivity contribution in [3.63, 3.8) is 0 Å². The molecule has 1 atom stereocenters. The van der Waals surface area contributed by atoms with E-state index in [1.165, 1.54) is 15.6 Å². The molecule has 3 amide bonds. The molecule has 3 N–H and O–H groups in total. The molecule has 140 valence electrons. The number of imide groups is 1. The Balaban J connectivity index is 1.79. The van der Waals surface area contributed by atoms with E-state index in [2.05, 4.69) is 10.6 Å². The van der Waals surface area contributed by atoms with E-state index in [1.807, 2.05) is 13.8 Å². The normalized spacial score (nSPS) is 17.8. The molecular formula is C15H25N4O4S2+. The number of amides is 3. The second kappa shape index (κ2) is 8.75. The minimum atomic E-state index is -3.43. The van der Waals surface area contributed by atoms with Gasteiger partial charge in [0.2, 0.25) is 0 Å². The van der Waals surface area contributed by atoms with E-state index in [0.717, 1.165) is 11.3 Å². The lowest BCUT2D eigenvalue weighted by molar-refractivity contribution is -0.895. The maximum atomic E-state index is 12.4. The number of carbonyl (C=O) groups excluding carboxylic acids is 2. The maximum absolute atomic E-state index is 12.4. The minimum Gasteiger partial charge on any atom is -0.335 e. The summed E-state index contributed by atoms with van der Waals surface area (Å²) in [6.45, 7) is 5.75. The molecule has 0 unspecified atom stereocenters. The lowest BCUT2D eigenvalue weighted by Gasteiger charge is -2.30. The van der Waals surface area contributed by atoms with Gasteiger partial charge in [-0.25, -0.2) is 13.2 Å². The number of nitrogens with one attached hydrogen (secondary N) is 3.